The molecule has 7 rings (SSSR count). The molecule has 0 aliphatic carbocycles. The number of hydrogen-bond acceptors (Lipinski definition) is 16. The van der Waals surface area contributed by atoms with Crippen molar-refractivity contribution in [3.8, 4) is 11.5 Å². The molecule has 3 amide bonds. The summed E-state index contributed by atoms with van der Waals surface area (Å²) in [5, 5.41) is 38.6. The van der Waals surface area contributed by atoms with Crippen molar-refractivity contribution in [2.24, 2.45) is 10.2 Å². The van der Waals surface area contributed by atoms with Gasteiger partial charge in [0.2, 0.25) is 5.91 Å². The summed E-state index contributed by atoms with van der Waals surface area (Å²) in [6.07, 6.45) is -1.36. The number of fused-ring (bicyclic) bond motifs is 2. The van der Waals surface area contributed by atoms with Crippen molar-refractivity contribution in [1.29, 1.82) is 0 Å². The zero-order valence-corrected chi connectivity index (χ0v) is 43.9. The smallest absolute Gasteiger partial charge is 0.744 e. The Labute approximate surface area is 447 Å². The maximum absolute atomic E-state index is 14.2. The molecule has 68 heavy (non-hydrogen) atoms. The van der Waals surface area contributed by atoms with E-state index in [1.807, 2.05) is 12.1 Å². The summed E-state index contributed by atoms with van der Waals surface area (Å²) in [5.41, 5.74) is 1.65. The molecule has 0 saturated heterocycles. The Bertz CT molecular complexity index is 3190. The number of nitrogens with one attached hydrogen (secondary N) is 3. The molecular formula is C42H32Cl2N6Na2O13S3. The molecule has 1 aliphatic heterocycles. The van der Waals surface area contributed by atoms with Gasteiger partial charge in [0.25, 0.3) is 27.9 Å². The Hall–Kier alpha value is -4.34. The predicted octanol–water partition coefficient (Wildman–Crippen LogP) is 1.45. The monoisotopic (exact) mass is 1040 g/mol. The number of halogens is 2. The van der Waals surface area contributed by atoms with Crippen molar-refractivity contribution >= 4 is 118 Å². The van der Waals surface area contributed by atoms with Gasteiger partial charge in [-0.1, -0.05) is 47.5 Å². The number of anilines is 4. The van der Waals surface area contributed by atoms with Crippen molar-refractivity contribution in [2.45, 2.75) is 41.1 Å². The third kappa shape index (κ3) is 12.7. The van der Waals surface area contributed by atoms with Gasteiger partial charge in [0, 0.05) is 24.5 Å². The molecule has 6 aromatic carbocycles. The van der Waals surface area contributed by atoms with Gasteiger partial charge >= 0.3 is 59.1 Å². The summed E-state index contributed by atoms with van der Waals surface area (Å²) in [4.78, 5) is 40.6. The topological polar surface area (TPSA) is 278 Å². The molecule has 26 heteroatoms. The number of para-hydroxylation sites is 1. The molecule has 1 atom stereocenters. The number of aromatic hydroxyl groups is 1. The second-order valence-corrected chi connectivity index (χ2v) is 18.9. The molecular weight excluding hydrogens is 1010 g/mol. The van der Waals surface area contributed by atoms with Crippen LogP contribution >= 0.6 is 35.2 Å². The van der Waals surface area contributed by atoms with Gasteiger partial charge in [-0.2, -0.15) is 9.45 Å². The van der Waals surface area contributed by atoms with E-state index in [1.54, 1.807) is 31.2 Å². The van der Waals surface area contributed by atoms with E-state index in [4.69, 9.17) is 27.9 Å². The van der Waals surface area contributed by atoms with Gasteiger partial charge < -0.3 is 35.2 Å². The van der Waals surface area contributed by atoms with E-state index >= 15 is 0 Å². The number of nitrogens with zero attached hydrogens (tertiary/aromatic N) is 3. The fourth-order valence-electron chi connectivity index (χ4n) is 6.75. The Morgan fingerprint density at radius 2 is 1.51 bits per heavy atom. The van der Waals surface area contributed by atoms with E-state index in [1.165, 1.54) is 53.4 Å². The van der Waals surface area contributed by atoms with Crippen LogP contribution in [-0.2, 0) is 50.3 Å². The number of hydrogen-bond donors (Lipinski definition) is 4. The summed E-state index contributed by atoms with van der Waals surface area (Å²) in [6, 6.07) is 24.0. The number of azo groups is 1. The molecule has 1 heterocycles. The molecule has 0 radical (unpaired) electrons. The summed E-state index contributed by atoms with van der Waals surface area (Å²) in [5.74, 6) is -3.10. The Balaban J connectivity index is 0.00000432. The van der Waals surface area contributed by atoms with Crippen molar-refractivity contribution in [2.75, 3.05) is 26.8 Å². The minimum atomic E-state index is -5.04. The first kappa shape index (κ1) is 54.6. The van der Waals surface area contributed by atoms with Gasteiger partial charge in [-0.15, -0.1) is 5.11 Å². The average Bonchev–Trinajstić information content (AvgIpc) is 3.70. The van der Waals surface area contributed by atoms with Crippen molar-refractivity contribution in [1.82, 2.24) is 0 Å². The van der Waals surface area contributed by atoms with Crippen molar-refractivity contribution in [3.05, 3.63) is 124 Å². The van der Waals surface area contributed by atoms with E-state index in [2.05, 4.69) is 35.0 Å². The molecule has 0 spiro atoms. The fourth-order valence-corrected chi connectivity index (χ4v) is 9.26. The van der Waals surface area contributed by atoms with Crippen LogP contribution in [0, 0.1) is 6.92 Å². The molecule has 0 saturated carbocycles. The number of aryl methyl sites for hydroxylation is 1. The third-order valence-corrected chi connectivity index (χ3v) is 13.2. The van der Waals surface area contributed by atoms with E-state index in [-0.39, 0.29) is 142 Å². The number of carbonyl (C=O) groups is 3. The first-order valence-electron chi connectivity index (χ1n) is 19.0. The number of ether oxygens (including phenoxy) is 1. The van der Waals surface area contributed by atoms with Crippen LogP contribution in [0.5, 0.6) is 11.5 Å². The van der Waals surface area contributed by atoms with E-state index in [9.17, 15) is 46.1 Å². The molecule has 0 bridgehead atoms. The largest absolute Gasteiger partial charge is 1.00 e. The van der Waals surface area contributed by atoms with Crippen LogP contribution < -0.4 is 89.4 Å². The van der Waals surface area contributed by atoms with Gasteiger partial charge in [-0.3, -0.25) is 24.1 Å². The maximum Gasteiger partial charge on any atom is 1.00 e. The molecule has 19 nitrogen and oxygen atoms in total. The zero-order chi connectivity index (χ0) is 47.5. The zero-order valence-electron chi connectivity index (χ0n) is 36.0. The number of sulfonamides is 1. The van der Waals surface area contributed by atoms with Crippen LogP contribution in [0.3, 0.4) is 0 Å². The quantitative estimate of drug-likeness (QED) is 0.0216. The molecule has 4 N–H and O–H groups in total. The van der Waals surface area contributed by atoms with E-state index in [0.717, 1.165) is 36.2 Å². The number of benzene rings is 6. The van der Waals surface area contributed by atoms with Crippen LogP contribution in [0.4, 0.5) is 34.1 Å². The molecule has 1 aliphatic rings. The maximum atomic E-state index is 14.2. The van der Waals surface area contributed by atoms with Gasteiger partial charge in [-0.25, -0.2) is 16.8 Å². The van der Waals surface area contributed by atoms with Gasteiger partial charge in [0.1, 0.15) is 21.6 Å². The second-order valence-electron chi connectivity index (χ2n) is 14.3. The van der Waals surface area contributed by atoms with Gasteiger partial charge in [0.05, 0.1) is 59.5 Å². The average molecular weight is 1040 g/mol. The predicted molar refractivity (Wildman–Crippen MR) is 241 cm³/mol. The van der Waals surface area contributed by atoms with Crippen LogP contribution in [0.15, 0.2) is 128 Å². The van der Waals surface area contributed by atoms with Crippen LogP contribution in [0.2, 0.25) is 10.0 Å². The second kappa shape index (κ2) is 23.1. The summed E-state index contributed by atoms with van der Waals surface area (Å²) < 4.78 is 75.5. The molecule has 0 fully saturated rings. The normalized spacial score (nSPS) is 12.7. The Morgan fingerprint density at radius 3 is 2.21 bits per heavy atom. The standard InChI is InChI=1S/C42H34Cl2N6O13S3.2Na/c1-22-7-13-31(44)33(17-22)49-65(56,57)28-12-14-30(43)32(20-28)46-41(53)40(42(54)50-16-15-24-5-3-4-6-35(24)50)61-27-10-8-26(9-11-27)47-48-38-36(64-63-62-55)19-25-18-29(66(58,59)60)21-34(45-23(2)51)37(25)39(38)52;;/h3-14,17-21,40,49,52,55H,15-16H2,1-2H3,(H,45,51)(H,46,53)(H,58,59,60);;/q;2*+1/p-2. The summed E-state index contributed by atoms with van der Waals surface area (Å²) >= 11 is 12.9. The number of phenols is 1. The molecule has 6 aromatic rings. The van der Waals surface area contributed by atoms with Crippen molar-refractivity contribution < 1.29 is 119 Å². The molecule has 0 aromatic heterocycles. The number of carbonyl (C=O) groups excluding carboxylic acids is 3. The summed E-state index contributed by atoms with van der Waals surface area (Å²) in [6.45, 7) is 3.10. The molecule has 342 valence electrons. The first-order valence-corrected chi connectivity index (χ1v) is 23.4. The Morgan fingerprint density at radius 1 is 0.838 bits per heavy atom. The fraction of sp³-hybridized carbons (Fsp3) is 0.119. The van der Waals surface area contributed by atoms with Crippen molar-refractivity contribution in [3.63, 3.8) is 0 Å². The van der Waals surface area contributed by atoms with Gasteiger partial charge in [0.15, 0.2) is 5.75 Å². The SMILES string of the molecule is CC(=O)Nc1cc(S(=O)(=O)[O-])cc2cc(SOO[O-])c(N=Nc3ccc(OC(C(=O)Nc4cc(S(=O)(=O)Nc5cc(C)ccc5Cl)ccc4Cl)C(=O)N4CCc5ccccc54)cc3)c(O)c12.[Na+].[Na+]. The first-order chi connectivity index (χ1) is 31.3. The molecule has 1 unspecified atom stereocenters. The minimum absolute atomic E-state index is 0. The van der Waals surface area contributed by atoms with Crippen LogP contribution in [0.1, 0.15) is 18.1 Å². The van der Waals surface area contributed by atoms with Crippen LogP contribution in [0.25, 0.3) is 10.8 Å². The number of phenolic OH excluding ortho intramolecular Hbond substituents is 1. The van der Waals surface area contributed by atoms with Gasteiger partial charge in [-0.05, 0) is 109 Å². The van der Waals surface area contributed by atoms with E-state index in [0.29, 0.717) is 12.1 Å². The summed E-state index contributed by atoms with van der Waals surface area (Å²) in [7, 11) is -9.31. The Kier molecular flexibility index (Phi) is 18.5. The third-order valence-electron chi connectivity index (χ3n) is 9.72. The minimum Gasteiger partial charge on any atom is -0.744 e. The van der Waals surface area contributed by atoms with E-state index < -0.39 is 54.6 Å². The number of rotatable bonds is 15. The number of amides is 3. The van der Waals surface area contributed by atoms with Crippen LogP contribution in [-0.4, -0.2) is 56.9 Å².